The molecule has 1 aliphatic rings. The molecule has 2 rings (SSSR count). The van der Waals surface area contributed by atoms with Crippen LogP contribution in [-0.4, -0.2) is 7.11 Å². The second-order valence-electron chi connectivity index (χ2n) is 4.81. The van der Waals surface area contributed by atoms with Gasteiger partial charge in [0, 0.05) is 10.5 Å². The third-order valence-electron chi connectivity index (χ3n) is 3.72. The third kappa shape index (κ3) is 3.02. The Morgan fingerprint density at radius 1 is 1.29 bits per heavy atom. The fourth-order valence-electron chi connectivity index (χ4n) is 2.65. The number of hydrogen-bond donors (Lipinski definition) is 1. The first kappa shape index (κ1) is 12.9. The number of hydrogen-bond acceptors (Lipinski definition) is 2. The predicted molar refractivity (Wildman–Crippen MR) is 74.2 cm³/mol. The van der Waals surface area contributed by atoms with Crippen LogP contribution in [-0.2, 0) is 0 Å². The summed E-state index contributed by atoms with van der Waals surface area (Å²) in [5, 5.41) is 0. The summed E-state index contributed by atoms with van der Waals surface area (Å²) in [6, 6.07) is 6.17. The van der Waals surface area contributed by atoms with E-state index >= 15 is 0 Å². The Labute approximate surface area is 112 Å². The minimum absolute atomic E-state index is 0.125. The van der Waals surface area contributed by atoms with E-state index in [0.717, 1.165) is 10.2 Å². The van der Waals surface area contributed by atoms with Gasteiger partial charge in [0.1, 0.15) is 5.75 Å². The highest BCUT2D eigenvalue weighted by molar-refractivity contribution is 9.10. The van der Waals surface area contributed by atoms with Crippen molar-refractivity contribution in [2.75, 3.05) is 7.11 Å². The van der Waals surface area contributed by atoms with E-state index in [1.165, 1.54) is 37.7 Å². The van der Waals surface area contributed by atoms with Crippen LogP contribution in [0.3, 0.4) is 0 Å². The zero-order chi connectivity index (χ0) is 12.3. The molecule has 0 aliphatic heterocycles. The van der Waals surface area contributed by atoms with Gasteiger partial charge >= 0.3 is 0 Å². The molecule has 1 aromatic rings. The minimum Gasteiger partial charge on any atom is -0.497 e. The van der Waals surface area contributed by atoms with Crippen LogP contribution in [0.25, 0.3) is 0 Å². The van der Waals surface area contributed by atoms with Gasteiger partial charge < -0.3 is 10.5 Å². The zero-order valence-corrected chi connectivity index (χ0v) is 11.9. The highest BCUT2D eigenvalue weighted by Crippen LogP contribution is 2.36. The molecule has 0 aromatic heterocycles. The monoisotopic (exact) mass is 297 g/mol. The third-order valence-corrected chi connectivity index (χ3v) is 4.44. The van der Waals surface area contributed by atoms with E-state index in [-0.39, 0.29) is 6.04 Å². The van der Waals surface area contributed by atoms with Crippen LogP contribution in [0.5, 0.6) is 5.75 Å². The summed E-state index contributed by atoms with van der Waals surface area (Å²) in [7, 11) is 1.69. The van der Waals surface area contributed by atoms with Gasteiger partial charge in [0.15, 0.2) is 0 Å². The van der Waals surface area contributed by atoms with Crippen molar-refractivity contribution in [2.45, 2.75) is 38.1 Å². The first-order valence-corrected chi connectivity index (χ1v) is 7.10. The van der Waals surface area contributed by atoms with Crippen LogP contribution < -0.4 is 10.5 Å². The maximum Gasteiger partial charge on any atom is 0.119 e. The summed E-state index contributed by atoms with van der Waals surface area (Å²) >= 11 is 3.59. The van der Waals surface area contributed by atoms with Gasteiger partial charge in [-0.05, 0) is 42.5 Å². The summed E-state index contributed by atoms with van der Waals surface area (Å²) < 4.78 is 6.36. The predicted octanol–water partition coefficient (Wildman–Crippen LogP) is 4.04. The normalized spacial score (nSPS) is 19.0. The van der Waals surface area contributed by atoms with Crippen molar-refractivity contribution in [3.05, 3.63) is 28.2 Å². The SMILES string of the molecule is COc1ccc(Br)c(C(N)C2CCCCC2)c1. The summed E-state index contributed by atoms with van der Waals surface area (Å²) in [6.07, 6.45) is 6.51. The van der Waals surface area contributed by atoms with E-state index in [0.29, 0.717) is 5.92 Å². The van der Waals surface area contributed by atoms with Crippen molar-refractivity contribution in [3.63, 3.8) is 0 Å². The van der Waals surface area contributed by atoms with Crippen molar-refractivity contribution in [3.8, 4) is 5.75 Å². The molecule has 94 valence electrons. The maximum atomic E-state index is 6.41. The van der Waals surface area contributed by atoms with Gasteiger partial charge in [-0.3, -0.25) is 0 Å². The van der Waals surface area contributed by atoms with Crippen LogP contribution in [0.4, 0.5) is 0 Å². The topological polar surface area (TPSA) is 35.2 Å². The van der Waals surface area contributed by atoms with E-state index in [1.54, 1.807) is 7.11 Å². The van der Waals surface area contributed by atoms with E-state index in [9.17, 15) is 0 Å². The molecular formula is C14H20BrNO. The first-order valence-electron chi connectivity index (χ1n) is 6.31. The quantitative estimate of drug-likeness (QED) is 0.914. The number of benzene rings is 1. The molecule has 1 unspecified atom stereocenters. The smallest absolute Gasteiger partial charge is 0.119 e. The standard InChI is InChI=1S/C14H20BrNO/c1-17-11-7-8-13(15)12(9-11)14(16)10-5-3-2-4-6-10/h7-10,14H,2-6,16H2,1H3. The van der Waals surface area contributed by atoms with E-state index < -0.39 is 0 Å². The van der Waals surface area contributed by atoms with Crippen molar-refractivity contribution < 1.29 is 4.74 Å². The number of ether oxygens (including phenoxy) is 1. The fourth-order valence-corrected chi connectivity index (χ4v) is 3.16. The molecule has 0 amide bonds. The fraction of sp³-hybridized carbons (Fsp3) is 0.571. The van der Waals surface area contributed by atoms with Crippen LogP contribution in [0.2, 0.25) is 0 Å². The van der Waals surface area contributed by atoms with Gasteiger partial charge in [-0.2, -0.15) is 0 Å². The van der Waals surface area contributed by atoms with Crippen molar-refractivity contribution >= 4 is 15.9 Å². The van der Waals surface area contributed by atoms with Crippen molar-refractivity contribution in [1.29, 1.82) is 0 Å². The van der Waals surface area contributed by atoms with Crippen molar-refractivity contribution in [1.82, 2.24) is 0 Å². The molecule has 0 heterocycles. The summed E-state index contributed by atoms with van der Waals surface area (Å²) in [4.78, 5) is 0. The Morgan fingerprint density at radius 2 is 2.00 bits per heavy atom. The Hall–Kier alpha value is -0.540. The van der Waals surface area contributed by atoms with Gasteiger partial charge in [-0.25, -0.2) is 0 Å². The highest BCUT2D eigenvalue weighted by atomic mass is 79.9. The van der Waals surface area contributed by atoms with Gasteiger partial charge in [-0.1, -0.05) is 35.2 Å². The zero-order valence-electron chi connectivity index (χ0n) is 10.3. The Balaban J connectivity index is 2.19. The molecule has 0 saturated heterocycles. The van der Waals surface area contributed by atoms with E-state index in [4.69, 9.17) is 10.5 Å². The molecular weight excluding hydrogens is 278 g/mol. The lowest BCUT2D eigenvalue weighted by Gasteiger charge is -2.28. The van der Waals surface area contributed by atoms with Gasteiger partial charge in [0.2, 0.25) is 0 Å². The molecule has 0 bridgehead atoms. The lowest BCUT2D eigenvalue weighted by molar-refractivity contribution is 0.307. The Bertz CT molecular complexity index is 374. The van der Waals surface area contributed by atoms with E-state index in [1.807, 2.05) is 12.1 Å². The number of rotatable bonds is 3. The second-order valence-corrected chi connectivity index (χ2v) is 5.67. The van der Waals surface area contributed by atoms with Crippen molar-refractivity contribution in [2.24, 2.45) is 11.7 Å². The number of nitrogens with two attached hydrogens (primary N) is 1. The minimum atomic E-state index is 0.125. The lowest BCUT2D eigenvalue weighted by atomic mass is 9.81. The number of halogens is 1. The van der Waals surface area contributed by atoms with Crippen LogP contribution >= 0.6 is 15.9 Å². The largest absolute Gasteiger partial charge is 0.497 e. The molecule has 1 atom stereocenters. The average molecular weight is 298 g/mol. The second kappa shape index (κ2) is 5.87. The molecule has 2 N–H and O–H groups in total. The highest BCUT2D eigenvalue weighted by Gasteiger charge is 2.23. The Morgan fingerprint density at radius 3 is 2.65 bits per heavy atom. The maximum absolute atomic E-state index is 6.41. The molecule has 2 nitrogen and oxygen atoms in total. The molecule has 3 heteroatoms. The summed E-state index contributed by atoms with van der Waals surface area (Å²) in [5.41, 5.74) is 7.59. The average Bonchev–Trinajstić information content (AvgIpc) is 2.39. The van der Waals surface area contributed by atoms with Crippen LogP contribution in [0.15, 0.2) is 22.7 Å². The first-order chi connectivity index (χ1) is 8.22. The molecule has 0 radical (unpaired) electrons. The molecule has 1 fully saturated rings. The molecule has 1 aliphatic carbocycles. The van der Waals surface area contributed by atoms with Crippen LogP contribution in [0.1, 0.15) is 43.7 Å². The van der Waals surface area contributed by atoms with E-state index in [2.05, 4.69) is 22.0 Å². The number of methoxy groups -OCH3 is 1. The summed E-state index contributed by atoms with van der Waals surface area (Å²) in [6.45, 7) is 0. The van der Waals surface area contributed by atoms with Gasteiger partial charge in [0.25, 0.3) is 0 Å². The molecule has 1 aromatic carbocycles. The van der Waals surface area contributed by atoms with Gasteiger partial charge in [-0.15, -0.1) is 0 Å². The Kier molecular flexibility index (Phi) is 4.46. The van der Waals surface area contributed by atoms with Gasteiger partial charge in [0.05, 0.1) is 7.11 Å². The molecule has 0 spiro atoms. The molecule has 1 saturated carbocycles. The lowest BCUT2D eigenvalue weighted by Crippen LogP contribution is -2.23. The summed E-state index contributed by atoms with van der Waals surface area (Å²) in [5.74, 6) is 1.50. The van der Waals surface area contributed by atoms with Crippen LogP contribution in [0, 0.1) is 5.92 Å². The molecule has 17 heavy (non-hydrogen) atoms.